The van der Waals surface area contributed by atoms with Crippen molar-refractivity contribution in [1.82, 2.24) is 5.32 Å². The van der Waals surface area contributed by atoms with Crippen LogP contribution in [0.5, 0.6) is 5.75 Å². The molecule has 3 nitrogen and oxygen atoms in total. The van der Waals surface area contributed by atoms with E-state index in [4.69, 9.17) is 0 Å². The van der Waals surface area contributed by atoms with Crippen LogP contribution in [0, 0.1) is 0 Å². The lowest BCUT2D eigenvalue weighted by atomic mass is 9.86. The maximum atomic E-state index is 12.4. The molecule has 1 unspecified atom stereocenters. The molecule has 0 aromatic heterocycles. The Bertz CT molecular complexity index is 501. The molecule has 1 saturated heterocycles. The quantitative estimate of drug-likeness (QED) is 0.923. The third-order valence-electron chi connectivity index (χ3n) is 3.64. The van der Waals surface area contributed by atoms with Gasteiger partial charge in [-0.15, -0.1) is 13.2 Å². The predicted molar refractivity (Wildman–Crippen MR) is 67.2 cm³/mol. The highest BCUT2D eigenvalue weighted by Crippen LogP contribution is 2.33. The standard InChI is InChI=1S/C14H16F3NO2/c1-2-13(8-7-12(19)18-13)9-10-5-3-4-6-11(10)20-14(15,16)17/h3-6H,2,7-9H2,1H3,(H,18,19). The summed E-state index contributed by atoms with van der Waals surface area (Å²) in [4.78, 5) is 11.4. The molecule has 1 aromatic carbocycles. The number of rotatable bonds is 4. The van der Waals surface area contributed by atoms with Gasteiger partial charge in [0.25, 0.3) is 0 Å². The average Bonchev–Trinajstić information content (AvgIpc) is 2.72. The van der Waals surface area contributed by atoms with E-state index in [-0.39, 0.29) is 11.7 Å². The van der Waals surface area contributed by atoms with Crippen molar-refractivity contribution in [2.24, 2.45) is 0 Å². The molecule has 20 heavy (non-hydrogen) atoms. The number of carbonyl (C=O) groups excluding carboxylic acids is 1. The highest BCUT2D eigenvalue weighted by atomic mass is 19.4. The topological polar surface area (TPSA) is 38.3 Å². The number of halogens is 3. The van der Waals surface area contributed by atoms with E-state index < -0.39 is 11.9 Å². The molecule has 1 amide bonds. The Morgan fingerprint density at radius 1 is 1.35 bits per heavy atom. The van der Waals surface area contributed by atoms with Crippen LogP contribution in [0.3, 0.4) is 0 Å². The Hall–Kier alpha value is -1.72. The van der Waals surface area contributed by atoms with Gasteiger partial charge in [0.15, 0.2) is 0 Å². The fourth-order valence-corrected chi connectivity index (χ4v) is 2.53. The number of ether oxygens (including phenoxy) is 1. The van der Waals surface area contributed by atoms with Crippen molar-refractivity contribution < 1.29 is 22.7 Å². The van der Waals surface area contributed by atoms with Gasteiger partial charge in [-0.3, -0.25) is 4.79 Å². The SMILES string of the molecule is CCC1(Cc2ccccc2OC(F)(F)F)CCC(=O)N1. The minimum Gasteiger partial charge on any atom is -0.406 e. The number of carbonyl (C=O) groups is 1. The zero-order valence-corrected chi connectivity index (χ0v) is 11.1. The fourth-order valence-electron chi connectivity index (χ4n) is 2.53. The smallest absolute Gasteiger partial charge is 0.406 e. The van der Waals surface area contributed by atoms with Crippen LogP contribution in [0.1, 0.15) is 31.7 Å². The maximum absolute atomic E-state index is 12.4. The van der Waals surface area contributed by atoms with E-state index in [9.17, 15) is 18.0 Å². The van der Waals surface area contributed by atoms with Crippen LogP contribution in [0.15, 0.2) is 24.3 Å². The zero-order chi connectivity index (χ0) is 14.8. The summed E-state index contributed by atoms with van der Waals surface area (Å²) < 4.78 is 41.2. The van der Waals surface area contributed by atoms with Crippen LogP contribution >= 0.6 is 0 Å². The second-order valence-electron chi connectivity index (χ2n) is 5.01. The largest absolute Gasteiger partial charge is 0.573 e. The van der Waals surface area contributed by atoms with Gasteiger partial charge in [-0.1, -0.05) is 25.1 Å². The Morgan fingerprint density at radius 3 is 2.60 bits per heavy atom. The second-order valence-corrected chi connectivity index (χ2v) is 5.01. The molecule has 2 rings (SSSR count). The molecular formula is C14H16F3NO2. The molecule has 0 bridgehead atoms. The summed E-state index contributed by atoms with van der Waals surface area (Å²) in [7, 11) is 0. The molecule has 1 heterocycles. The number of hydrogen-bond donors (Lipinski definition) is 1. The Morgan fingerprint density at radius 2 is 2.05 bits per heavy atom. The number of amides is 1. The molecule has 1 atom stereocenters. The molecule has 1 N–H and O–H groups in total. The lowest BCUT2D eigenvalue weighted by molar-refractivity contribution is -0.275. The van der Waals surface area contributed by atoms with E-state index in [0.29, 0.717) is 31.2 Å². The van der Waals surface area contributed by atoms with Gasteiger partial charge in [0.2, 0.25) is 5.91 Å². The van der Waals surface area contributed by atoms with Crippen molar-refractivity contribution in [2.75, 3.05) is 0 Å². The van der Waals surface area contributed by atoms with Crippen molar-refractivity contribution in [2.45, 2.75) is 44.5 Å². The Kier molecular flexibility index (Phi) is 3.92. The monoisotopic (exact) mass is 287 g/mol. The summed E-state index contributed by atoms with van der Waals surface area (Å²) in [5.74, 6) is -0.255. The van der Waals surface area contributed by atoms with E-state index in [1.165, 1.54) is 12.1 Å². The van der Waals surface area contributed by atoms with E-state index >= 15 is 0 Å². The number of hydrogen-bond acceptors (Lipinski definition) is 2. The summed E-state index contributed by atoms with van der Waals surface area (Å²) in [6.45, 7) is 1.92. The first-order valence-corrected chi connectivity index (χ1v) is 6.48. The summed E-state index contributed by atoms with van der Waals surface area (Å²) in [5.41, 5.74) is -0.0174. The van der Waals surface area contributed by atoms with Crippen LogP contribution < -0.4 is 10.1 Å². The number of nitrogens with one attached hydrogen (secondary N) is 1. The zero-order valence-electron chi connectivity index (χ0n) is 11.1. The minimum atomic E-state index is -4.71. The lowest BCUT2D eigenvalue weighted by Crippen LogP contribution is -2.43. The highest BCUT2D eigenvalue weighted by molar-refractivity contribution is 5.79. The first kappa shape index (κ1) is 14.7. The van der Waals surface area contributed by atoms with Gasteiger partial charge in [0.1, 0.15) is 5.75 Å². The minimum absolute atomic E-state index is 0.0546. The third kappa shape index (κ3) is 3.43. The van der Waals surface area contributed by atoms with Gasteiger partial charge in [-0.05, 0) is 30.9 Å². The lowest BCUT2D eigenvalue weighted by Gasteiger charge is -2.28. The predicted octanol–water partition coefficient (Wildman–Crippen LogP) is 3.19. The molecule has 1 aliphatic rings. The van der Waals surface area contributed by atoms with Crippen molar-refractivity contribution in [3.05, 3.63) is 29.8 Å². The van der Waals surface area contributed by atoms with Gasteiger partial charge in [-0.25, -0.2) is 0 Å². The van der Waals surface area contributed by atoms with Crippen molar-refractivity contribution >= 4 is 5.91 Å². The molecular weight excluding hydrogens is 271 g/mol. The van der Waals surface area contributed by atoms with Gasteiger partial charge in [0, 0.05) is 12.0 Å². The number of para-hydroxylation sites is 1. The average molecular weight is 287 g/mol. The first-order chi connectivity index (χ1) is 9.34. The van der Waals surface area contributed by atoms with Crippen LogP contribution in [0.2, 0.25) is 0 Å². The highest BCUT2D eigenvalue weighted by Gasteiger charge is 2.38. The van der Waals surface area contributed by atoms with Gasteiger partial charge in [-0.2, -0.15) is 0 Å². The molecule has 1 fully saturated rings. The van der Waals surface area contributed by atoms with Crippen LogP contribution in [0.4, 0.5) is 13.2 Å². The summed E-state index contributed by atoms with van der Waals surface area (Å²) in [6.07, 6.45) is -2.67. The van der Waals surface area contributed by atoms with E-state index in [0.717, 1.165) is 0 Å². The van der Waals surface area contributed by atoms with Gasteiger partial charge >= 0.3 is 6.36 Å². The summed E-state index contributed by atoms with van der Waals surface area (Å²) in [6, 6.07) is 6.06. The molecule has 1 aromatic rings. The van der Waals surface area contributed by atoms with E-state index in [2.05, 4.69) is 10.1 Å². The van der Waals surface area contributed by atoms with E-state index in [1.807, 2.05) is 6.92 Å². The third-order valence-corrected chi connectivity index (χ3v) is 3.64. The summed E-state index contributed by atoms with van der Waals surface area (Å²) >= 11 is 0. The molecule has 1 aliphatic heterocycles. The van der Waals surface area contributed by atoms with Crippen LogP contribution in [-0.2, 0) is 11.2 Å². The second kappa shape index (κ2) is 5.34. The molecule has 6 heteroatoms. The van der Waals surface area contributed by atoms with Crippen LogP contribution in [0.25, 0.3) is 0 Å². The molecule has 110 valence electrons. The van der Waals surface area contributed by atoms with Crippen molar-refractivity contribution in [1.29, 1.82) is 0 Å². The number of benzene rings is 1. The molecule has 0 saturated carbocycles. The fraction of sp³-hybridized carbons (Fsp3) is 0.500. The first-order valence-electron chi connectivity index (χ1n) is 6.48. The van der Waals surface area contributed by atoms with Crippen molar-refractivity contribution in [3.63, 3.8) is 0 Å². The van der Waals surface area contributed by atoms with Crippen molar-refractivity contribution in [3.8, 4) is 5.75 Å². The summed E-state index contributed by atoms with van der Waals surface area (Å²) in [5, 5.41) is 2.88. The normalized spacial score (nSPS) is 22.7. The van der Waals surface area contributed by atoms with Gasteiger partial charge < -0.3 is 10.1 Å². The van der Waals surface area contributed by atoms with Gasteiger partial charge in [0.05, 0.1) is 0 Å². The Balaban J connectivity index is 2.22. The molecule has 0 aliphatic carbocycles. The van der Waals surface area contributed by atoms with E-state index in [1.54, 1.807) is 12.1 Å². The van der Waals surface area contributed by atoms with Crippen LogP contribution in [-0.4, -0.2) is 17.8 Å². The maximum Gasteiger partial charge on any atom is 0.573 e. The molecule has 0 spiro atoms. The molecule has 0 radical (unpaired) electrons. The number of alkyl halides is 3. The Labute approximate surface area is 115 Å².